The summed E-state index contributed by atoms with van der Waals surface area (Å²) in [6.07, 6.45) is 0. The third kappa shape index (κ3) is 1.65. The number of carbonyl (C=O) groups excluding carboxylic acids is 1. The van der Waals surface area contributed by atoms with E-state index < -0.39 is 5.54 Å². The lowest BCUT2D eigenvalue weighted by atomic mass is 9.93. The van der Waals surface area contributed by atoms with Gasteiger partial charge in [-0.3, -0.25) is 9.79 Å². The first-order valence-corrected chi connectivity index (χ1v) is 5.36. The van der Waals surface area contributed by atoms with Crippen LogP contribution < -0.4 is 5.32 Å². The molecule has 1 atom stereocenters. The van der Waals surface area contributed by atoms with E-state index in [1.54, 1.807) is 0 Å². The Morgan fingerprint density at radius 2 is 2.07 bits per heavy atom. The summed E-state index contributed by atoms with van der Waals surface area (Å²) in [4.78, 5) is 16.2. The molecule has 15 heavy (non-hydrogen) atoms. The summed E-state index contributed by atoms with van der Waals surface area (Å²) in [6, 6.07) is 9.54. The van der Waals surface area contributed by atoms with Crippen LogP contribution in [0, 0.1) is 0 Å². The van der Waals surface area contributed by atoms with Gasteiger partial charge in [0.2, 0.25) is 0 Å². The van der Waals surface area contributed by atoms with E-state index in [9.17, 15) is 4.79 Å². The Balaban J connectivity index is 2.43. The van der Waals surface area contributed by atoms with Crippen LogP contribution in [0.2, 0.25) is 0 Å². The quantitative estimate of drug-likeness (QED) is 0.726. The molecular formula is C11H12N2OS. The molecule has 4 heteroatoms. The molecule has 1 aromatic carbocycles. The van der Waals surface area contributed by atoms with Gasteiger partial charge in [-0.2, -0.15) is 12.6 Å². The number of hydrogen-bond donors (Lipinski definition) is 2. The van der Waals surface area contributed by atoms with Gasteiger partial charge in [0, 0.05) is 5.75 Å². The molecule has 1 heterocycles. The van der Waals surface area contributed by atoms with Crippen molar-refractivity contribution >= 4 is 24.4 Å². The summed E-state index contributed by atoms with van der Waals surface area (Å²) in [6.45, 7) is 1.81. The molecule has 0 bridgehead atoms. The molecule has 1 N–H and O–H groups in total. The van der Waals surface area contributed by atoms with Crippen molar-refractivity contribution in [3.05, 3.63) is 35.9 Å². The SMILES string of the molecule is CC1(c2ccccc2)N=C(CS)NC1=O. The summed E-state index contributed by atoms with van der Waals surface area (Å²) < 4.78 is 0. The lowest BCUT2D eigenvalue weighted by Crippen LogP contribution is -2.35. The van der Waals surface area contributed by atoms with Crippen molar-refractivity contribution in [2.75, 3.05) is 5.75 Å². The van der Waals surface area contributed by atoms with Crippen LogP contribution in [0.15, 0.2) is 35.3 Å². The molecule has 0 aromatic heterocycles. The van der Waals surface area contributed by atoms with E-state index >= 15 is 0 Å². The maximum Gasteiger partial charge on any atom is 0.257 e. The molecule has 0 spiro atoms. The molecular weight excluding hydrogens is 208 g/mol. The van der Waals surface area contributed by atoms with Crippen LogP contribution in [0.3, 0.4) is 0 Å². The Morgan fingerprint density at radius 3 is 2.60 bits per heavy atom. The van der Waals surface area contributed by atoms with Gasteiger partial charge in [0.25, 0.3) is 5.91 Å². The van der Waals surface area contributed by atoms with Gasteiger partial charge in [0.15, 0.2) is 5.54 Å². The number of rotatable bonds is 2. The number of hydrogen-bond acceptors (Lipinski definition) is 3. The molecule has 1 amide bonds. The maximum absolute atomic E-state index is 11.8. The number of nitrogens with zero attached hydrogens (tertiary/aromatic N) is 1. The van der Waals surface area contributed by atoms with Crippen LogP contribution >= 0.6 is 12.6 Å². The Kier molecular flexibility index (Phi) is 2.52. The van der Waals surface area contributed by atoms with E-state index in [1.807, 2.05) is 37.3 Å². The monoisotopic (exact) mass is 220 g/mol. The van der Waals surface area contributed by atoms with E-state index in [2.05, 4.69) is 22.9 Å². The van der Waals surface area contributed by atoms with Crippen LogP contribution in [0.5, 0.6) is 0 Å². The number of amidine groups is 1. The molecule has 0 saturated carbocycles. The van der Waals surface area contributed by atoms with Crippen LogP contribution in [-0.2, 0) is 10.3 Å². The minimum atomic E-state index is -0.792. The van der Waals surface area contributed by atoms with Crippen molar-refractivity contribution in [2.24, 2.45) is 4.99 Å². The normalized spacial score (nSPS) is 24.9. The predicted molar refractivity (Wildman–Crippen MR) is 63.2 cm³/mol. The van der Waals surface area contributed by atoms with E-state index in [4.69, 9.17) is 0 Å². The number of aliphatic imine (C=N–C) groups is 1. The minimum absolute atomic E-state index is 0.0854. The third-order valence-electron chi connectivity index (χ3n) is 2.54. The Labute approximate surface area is 94.0 Å². The second-order valence-electron chi connectivity index (χ2n) is 3.61. The highest BCUT2D eigenvalue weighted by Gasteiger charge is 2.39. The number of carbonyl (C=O) groups is 1. The fourth-order valence-corrected chi connectivity index (χ4v) is 1.78. The number of nitrogens with one attached hydrogen (secondary N) is 1. The Hall–Kier alpha value is -1.29. The van der Waals surface area contributed by atoms with Gasteiger partial charge in [-0.15, -0.1) is 0 Å². The van der Waals surface area contributed by atoms with Gasteiger partial charge in [-0.25, -0.2) is 0 Å². The highest BCUT2D eigenvalue weighted by atomic mass is 32.1. The van der Waals surface area contributed by atoms with E-state index in [0.717, 1.165) is 5.56 Å². The van der Waals surface area contributed by atoms with Crippen LogP contribution in [0.4, 0.5) is 0 Å². The van der Waals surface area contributed by atoms with E-state index in [-0.39, 0.29) is 5.91 Å². The largest absolute Gasteiger partial charge is 0.311 e. The maximum atomic E-state index is 11.8. The molecule has 1 aliphatic rings. The van der Waals surface area contributed by atoms with E-state index in [0.29, 0.717) is 11.6 Å². The van der Waals surface area contributed by atoms with Crippen molar-refractivity contribution in [2.45, 2.75) is 12.5 Å². The molecule has 1 aliphatic heterocycles. The van der Waals surface area contributed by atoms with Crippen molar-refractivity contribution in [1.29, 1.82) is 0 Å². The predicted octanol–water partition coefficient (Wildman–Crippen LogP) is 1.36. The fraction of sp³-hybridized carbons (Fsp3) is 0.273. The lowest BCUT2D eigenvalue weighted by molar-refractivity contribution is -0.123. The molecule has 0 aliphatic carbocycles. The first-order valence-electron chi connectivity index (χ1n) is 4.73. The summed E-state index contributed by atoms with van der Waals surface area (Å²) in [5.74, 6) is 1.00. The smallest absolute Gasteiger partial charge is 0.257 e. The number of thiol groups is 1. The average Bonchev–Trinajstić information content (AvgIpc) is 2.57. The van der Waals surface area contributed by atoms with Crippen molar-refractivity contribution in [3.63, 3.8) is 0 Å². The van der Waals surface area contributed by atoms with Crippen molar-refractivity contribution in [3.8, 4) is 0 Å². The van der Waals surface area contributed by atoms with Crippen molar-refractivity contribution in [1.82, 2.24) is 5.32 Å². The molecule has 3 nitrogen and oxygen atoms in total. The fourth-order valence-electron chi connectivity index (χ4n) is 1.63. The molecule has 2 rings (SSSR count). The number of benzene rings is 1. The number of amides is 1. The van der Waals surface area contributed by atoms with Gasteiger partial charge in [-0.05, 0) is 12.5 Å². The summed E-state index contributed by atoms with van der Waals surface area (Å²) in [7, 11) is 0. The van der Waals surface area contributed by atoms with Gasteiger partial charge in [0.05, 0.1) is 0 Å². The standard InChI is InChI=1S/C11H12N2OS/c1-11(8-5-3-2-4-6-8)10(14)12-9(7-15)13-11/h2-6,15H,7H2,1H3,(H,12,13,14). The molecule has 1 unspecified atom stereocenters. The third-order valence-corrected chi connectivity index (χ3v) is 2.84. The Morgan fingerprint density at radius 1 is 1.40 bits per heavy atom. The van der Waals surface area contributed by atoms with Gasteiger partial charge in [-0.1, -0.05) is 30.3 Å². The molecule has 0 radical (unpaired) electrons. The second kappa shape index (κ2) is 3.70. The van der Waals surface area contributed by atoms with Crippen LogP contribution in [0.1, 0.15) is 12.5 Å². The van der Waals surface area contributed by atoms with Gasteiger partial charge >= 0.3 is 0 Å². The zero-order valence-electron chi connectivity index (χ0n) is 8.40. The zero-order chi connectivity index (χ0) is 10.9. The van der Waals surface area contributed by atoms with Crippen LogP contribution in [0.25, 0.3) is 0 Å². The Bertz CT molecular complexity index is 416. The summed E-state index contributed by atoms with van der Waals surface area (Å²) in [5, 5.41) is 2.73. The minimum Gasteiger partial charge on any atom is -0.311 e. The first-order chi connectivity index (χ1) is 7.16. The van der Waals surface area contributed by atoms with Gasteiger partial charge < -0.3 is 5.32 Å². The average molecular weight is 220 g/mol. The summed E-state index contributed by atoms with van der Waals surface area (Å²) in [5.41, 5.74) is 0.110. The highest BCUT2D eigenvalue weighted by Crippen LogP contribution is 2.28. The molecule has 78 valence electrons. The highest BCUT2D eigenvalue weighted by molar-refractivity contribution is 7.81. The van der Waals surface area contributed by atoms with E-state index in [1.165, 1.54) is 0 Å². The molecule has 0 saturated heterocycles. The van der Waals surface area contributed by atoms with Crippen LogP contribution in [-0.4, -0.2) is 17.5 Å². The second-order valence-corrected chi connectivity index (χ2v) is 3.93. The lowest BCUT2D eigenvalue weighted by Gasteiger charge is -2.17. The summed E-state index contributed by atoms with van der Waals surface area (Å²) >= 11 is 4.10. The molecule has 1 aromatic rings. The zero-order valence-corrected chi connectivity index (χ0v) is 9.29. The topological polar surface area (TPSA) is 41.5 Å². The molecule has 0 fully saturated rings. The van der Waals surface area contributed by atoms with Gasteiger partial charge in [0.1, 0.15) is 5.84 Å². The first kappa shape index (κ1) is 10.2. The van der Waals surface area contributed by atoms with Crippen molar-refractivity contribution < 1.29 is 4.79 Å².